The van der Waals surface area contributed by atoms with Gasteiger partial charge in [0.05, 0.1) is 0 Å². The summed E-state index contributed by atoms with van der Waals surface area (Å²) in [6, 6.07) is 0. The zero-order chi connectivity index (χ0) is 11.5. The van der Waals surface area contributed by atoms with Crippen molar-refractivity contribution in [3.05, 3.63) is 18.7 Å². The summed E-state index contributed by atoms with van der Waals surface area (Å²) in [6.07, 6.45) is 5.03. The van der Waals surface area contributed by atoms with E-state index >= 15 is 0 Å². The van der Waals surface area contributed by atoms with Crippen LogP contribution in [0.2, 0.25) is 0 Å². The van der Waals surface area contributed by atoms with Crippen LogP contribution in [-0.4, -0.2) is 38.1 Å². The zero-order valence-corrected chi connectivity index (χ0v) is 9.20. The van der Waals surface area contributed by atoms with Crippen LogP contribution in [-0.2, 0) is 0 Å². The second-order valence-electron chi connectivity index (χ2n) is 3.28. The fourth-order valence-corrected chi connectivity index (χ4v) is 1.17. The third-order valence-corrected chi connectivity index (χ3v) is 2.18. The lowest BCUT2D eigenvalue weighted by molar-refractivity contribution is 0.846. The zero-order valence-electron chi connectivity index (χ0n) is 9.20. The minimum Gasteiger partial charge on any atom is -0.368 e. The predicted molar refractivity (Wildman–Crippen MR) is 60.3 cm³/mol. The first-order valence-electron chi connectivity index (χ1n) is 4.91. The number of rotatable bonds is 3. The Balaban J connectivity index is 2.44. The van der Waals surface area contributed by atoms with Crippen molar-refractivity contribution in [2.75, 3.05) is 24.2 Å². The summed E-state index contributed by atoms with van der Waals surface area (Å²) in [4.78, 5) is 18.2. The Hall–Kier alpha value is -2.18. The fraction of sp³-hybridized carbons (Fsp3) is 0.333. The van der Waals surface area contributed by atoms with Gasteiger partial charge in [0.15, 0.2) is 0 Å². The summed E-state index contributed by atoms with van der Waals surface area (Å²) in [6.45, 7) is 2.81. The fourth-order valence-electron chi connectivity index (χ4n) is 1.17. The molecule has 2 aromatic rings. The van der Waals surface area contributed by atoms with E-state index in [1.807, 2.05) is 18.9 Å². The van der Waals surface area contributed by atoms with Gasteiger partial charge in [0.25, 0.3) is 0 Å². The van der Waals surface area contributed by atoms with Crippen LogP contribution in [0.15, 0.2) is 18.7 Å². The molecule has 2 aromatic heterocycles. The molecule has 0 fully saturated rings. The first kappa shape index (κ1) is 10.3. The van der Waals surface area contributed by atoms with E-state index in [2.05, 4.69) is 19.9 Å². The van der Waals surface area contributed by atoms with Crippen LogP contribution in [0, 0.1) is 0 Å². The van der Waals surface area contributed by atoms with E-state index in [4.69, 9.17) is 5.73 Å². The highest BCUT2D eigenvalue weighted by Crippen LogP contribution is 2.09. The number of imidazole rings is 1. The standard InChI is InChI=1S/C9H13N7/c1-3-15(2)8-12-7(10)13-9(14-8)16-5-4-11-6-16/h4-6H,3H2,1-2H3,(H2,10,12,13,14). The molecule has 7 heteroatoms. The van der Waals surface area contributed by atoms with Crippen LogP contribution in [0.25, 0.3) is 5.95 Å². The molecular weight excluding hydrogens is 206 g/mol. The Morgan fingerprint density at radius 1 is 1.38 bits per heavy atom. The summed E-state index contributed by atoms with van der Waals surface area (Å²) in [5.41, 5.74) is 5.64. The summed E-state index contributed by atoms with van der Waals surface area (Å²) >= 11 is 0. The van der Waals surface area contributed by atoms with Crippen LogP contribution in [0.4, 0.5) is 11.9 Å². The SMILES string of the molecule is CCN(C)c1nc(N)nc(-n2ccnc2)n1. The maximum Gasteiger partial charge on any atom is 0.241 e. The smallest absolute Gasteiger partial charge is 0.241 e. The van der Waals surface area contributed by atoms with Crippen LogP contribution >= 0.6 is 0 Å². The lowest BCUT2D eigenvalue weighted by atomic mass is 10.6. The summed E-state index contributed by atoms with van der Waals surface area (Å²) < 4.78 is 1.69. The maximum atomic E-state index is 5.64. The molecule has 0 radical (unpaired) electrons. The second kappa shape index (κ2) is 4.13. The van der Waals surface area contributed by atoms with E-state index in [-0.39, 0.29) is 5.95 Å². The van der Waals surface area contributed by atoms with Gasteiger partial charge in [-0.15, -0.1) is 0 Å². The normalized spacial score (nSPS) is 10.4. The van der Waals surface area contributed by atoms with Gasteiger partial charge in [-0.05, 0) is 6.92 Å². The van der Waals surface area contributed by atoms with Gasteiger partial charge in [-0.3, -0.25) is 4.57 Å². The lowest BCUT2D eigenvalue weighted by Crippen LogP contribution is -2.21. The molecule has 0 aliphatic heterocycles. The molecule has 84 valence electrons. The molecule has 2 N–H and O–H groups in total. The molecule has 2 heterocycles. The molecule has 0 saturated carbocycles. The van der Waals surface area contributed by atoms with Gasteiger partial charge in [0.2, 0.25) is 17.8 Å². The molecule has 0 unspecified atom stereocenters. The van der Waals surface area contributed by atoms with Gasteiger partial charge < -0.3 is 10.6 Å². The monoisotopic (exact) mass is 219 g/mol. The highest BCUT2D eigenvalue weighted by molar-refractivity contribution is 5.36. The number of nitrogens with two attached hydrogens (primary N) is 1. The Morgan fingerprint density at radius 3 is 2.81 bits per heavy atom. The predicted octanol–water partition coefficient (Wildman–Crippen LogP) is 0.0956. The average molecular weight is 219 g/mol. The van der Waals surface area contributed by atoms with Gasteiger partial charge in [-0.1, -0.05) is 0 Å². The van der Waals surface area contributed by atoms with Crippen molar-refractivity contribution in [1.29, 1.82) is 0 Å². The molecule has 0 amide bonds. The molecule has 0 atom stereocenters. The maximum absolute atomic E-state index is 5.64. The van der Waals surface area contributed by atoms with Crippen LogP contribution < -0.4 is 10.6 Å². The van der Waals surface area contributed by atoms with E-state index in [0.717, 1.165) is 6.54 Å². The number of hydrogen-bond acceptors (Lipinski definition) is 6. The highest BCUT2D eigenvalue weighted by Gasteiger charge is 2.08. The van der Waals surface area contributed by atoms with E-state index in [1.165, 1.54) is 0 Å². The molecule has 16 heavy (non-hydrogen) atoms. The van der Waals surface area contributed by atoms with Gasteiger partial charge in [0, 0.05) is 26.0 Å². The number of anilines is 2. The minimum atomic E-state index is 0.203. The largest absolute Gasteiger partial charge is 0.368 e. The van der Waals surface area contributed by atoms with Crippen LogP contribution in [0.3, 0.4) is 0 Å². The summed E-state index contributed by atoms with van der Waals surface area (Å²) in [5, 5.41) is 0. The number of hydrogen-bond donors (Lipinski definition) is 1. The lowest BCUT2D eigenvalue weighted by Gasteiger charge is -2.14. The first-order chi connectivity index (χ1) is 7.70. The molecule has 0 saturated heterocycles. The molecule has 0 aliphatic carbocycles. The van der Waals surface area contributed by atoms with E-state index < -0.39 is 0 Å². The Morgan fingerprint density at radius 2 is 2.19 bits per heavy atom. The first-order valence-corrected chi connectivity index (χ1v) is 4.91. The van der Waals surface area contributed by atoms with E-state index in [0.29, 0.717) is 11.9 Å². The van der Waals surface area contributed by atoms with Crippen molar-refractivity contribution in [3.63, 3.8) is 0 Å². The summed E-state index contributed by atoms with van der Waals surface area (Å²) in [7, 11) is 1.90. The third-order valence-electron chi connectivity index (χ3n) is 2.18. The molecule has 0 spiro atoms. The van der Waals surface area contributed by atoms with Crippen LogP contribution in [0.5, 0.6) is 0 Å². The second-order valence-corrected chi connectivity index (χ2v) is 3.28. The molecule has 7 nitrogen and oxygen atoms in total. The van der Waals surface area contributed by atoms with Gasteiger partial charge in [0.1, 0.15) is 6.33 Å². The summed E-state index contributed by atoms with van der Waals surface area (Å²) in [5.74, 6) is 1.23. The Kier molecular flexibility index (Phi) is 2.67. The average Bonchev–Trinajstić information content (AvgIpc) is 2.80. The van der Waals surface area contributed by atoms with Crippen LogP contribution in [0.1, 0.15) is 6.92 Å². The van der Waals surface area contributed by atoms with Crippen molar-refractivity contribution in [2.24, 2.45) is 0 Å². The van der Waals surface area contributed by atoms with Crippen molar-refractivity contribution in [2.45, 2.75) is 6.92 Å². The highest BCUT2D eigenvalue weighted by atomic mass is 15.3. The van der Waals surface area contributed by atoms with Gasteiger partial charge in [-0.25, -0.2) is 4.98 Å². The molecule has 2 rings (SSSR count). The third kappa shape index (κ3) is 1.92. The quantitative estimate of drug-likeness (QED) is 0.787. The molecule has 0 bridgehead atoms. The number of aromatic nitrogens is 5. The molecule has 0 aromatic carbocycles. The van der Waals surface area contributed by atoms with Crippen molar-refractivity contribution in [3.8, 4) is 5.95 Å². The Labute approximate surface area is 93.0 Å². The molecular formula is C9H13N7. The Bertz CT molecular complexity index is 465. The van der Waals surface area contributed by atoms with E-state index in [9.17, 15) is 0 Å². The van der Waals surface area contributed by atoms with Crippen molar-refractivity contribution < 1.29 is 0 Å². The molecule has 0 aliphatic rings. The number of nitrogens with zero attached hydrogens (tertiary/aromatic N) is 6. The number of nitrogen functional groups attached to an aromatic ring is 1. The topological polar surface area (TPSA) is 85.8 Å². The minimum absolute atomic E-state index is 0.203. The van der Waals surface area contributed by atoms with E-state index in [1.54, 1.807) is 23.3 Å². The van der Waals surface area contributed by atoms with Crippen molar-refractivity contribution in [1.82, 2.24) is 24.5 Å². The van der Waals surface area contributed by atoms with Gasteiger partial charge >= 0.3 is 0 Å². The van der Waals surface area contributed by atoms with Gasteiger partial charge in [-0.2, -0.15) is 15.0 Å². The van der Waals surface area contributed by atoms with Crippen molar-refractivity contribution >= 4 is 11.9 Å².